The first-order chi connectivity index (χ1) is 16.5. The maximum absolute atomic E-state index is 5.80. The fraction of sp³-hybridized carbons (Fsp3) is 1.00. The molecule has 0 atom stereocenters. The summed E-state index contributed by atoms with van der Waals surface area (Å²) in [7, 11) is 0. The van der Waals surface area contributed by atoms with Gasteiger partial charge in [0.05, 0.1) is 19.6 Å². The predicted octanol–water partition coefficient (Wildman–Crippen LogP) is 3.96. The molecule has 0 bridgehead atoms. The van der Waals surface area contributed by atoms with Gasteiger partial charge >= 0.3 is 5.91 Å². The van der Waals surface area contributed by atoms with E-state index in [2.05, 4.69) is 5.73 Å². The van der Waals surface area contributed by atoms with Gasteiger partial charge in [-0.15, -0.1) is 0 Å². The van der Waals surface area contributed by atoms with Crippen LogP contribution < -0.4 is 18.1 Å². The SMILES string of the molecule is CCOC([NH3+])(CCCCCCCCCCCCCCCCC(OCC)(OCC)OCC)OCC.[Cl-]. The van der Waals surface area contributed by atoms with Crippen LogP contribution in [0.4, 0.5) is 0 Å². The van der Waals surface area contributed by atoms with Crippen LogP contribution in [0, 0.1) is 0 Å². The summed E-state index contributed by atoms with van der Waals surface area (Å²) in [4.78, 5) is 0. The Bertz CT molecular complexity index is 405. The maximum Gasteiger partial charge on any atom is 0.314 e. The van der Waals surface area contributed by atoms with Gasteiger partial charge in [0.25, 0.3) is 5.97 Å². The van der Waals surface area contributed by atoms with Crippen molar-refractivity contribution in [1.29, 1.82) is 0 Å². The molecule has 0 aliphatic carbocycles. The van der Waals surface area contributed by atoms with Crippen LogP contribution in [0.1, 0.15) is 137 Å². The molecule has 0 radical (unpaired) electrons. The molecule has 6 nitrogen and oxygen atoms in total. The van der Waals surface area contributed by atoms with E-state index in [1.54, 1.807) is 0 Å². The van der Waals surface area contributed by atoms with Crippen molar-refractivity contribution in [3.05, 3.63) is 0 Å². The minimum atomic E-state index is -0.830. The van der Waals surface area contributed by atoms with E-state index in [0.717, 1.165) is 25.7 Å². The molecule has 0 aromatic rings. The van der Waals surface area contributed by atoms with Crippen LogP contribution in [0.3, 0.4) is 0 Å². The second-order valence-corrected chi connectivity index (χ2v) is 9.21. The first-order valence-corrected chi connectivity index (χ1v) is 14.6. The Morgan fingerprint density at radius 1 is 0.400 bits per heavy atom. The molecular weight excluding hydrogens is 466 g/mol. The van der Waals surface area contributed by atoms with Gasteiger partial charge in [0, 0.05) is 26.2 Å². The van der Waals surface area contributed by atoms with Gasteiger partial charge in [0.2, 0.25) is 0 Å². The second kappa shape index (κ2) is 25.7. The monoisotopic (exact) mass is 525 g/mol. The van der Waals surface area contributed by atoms with Crippen molar-refractivity contribution < 1.29 is 41.8 Å². The maximum atomic E-state index is 5.80. The van der Waals surface area contributed by atoms with Crippen molar-refractivity contribution in [2.45, 2.75) is 149 Å². The minimum Gasteiger partial charge on any atom is -1.00 e. The average Bonchev–Trinajstić information content (AvgIpc) is 2.79. The number of hydrogen-bond donors (Lipinski definition) is 1. The van der Waals surface area contributed by atoms with E-state index < -0.39 is 11.9 Å². The third kappa shape index (κ3) is 20.8. The molecule has 0 heterocycles. The molecule has 0 amide bonds. The predicted molar refractivity (Wildman–Crippen MR) is 140 cm³/mol. The van der Waals surface area contributed by atoms with Crippen LogP contribution in [-0.4, -0.2) is 44.9 Å². The Hall–Kier alpha value is 0.0500. The summed E-state index contributed by atoms with van der Waals surface area (Å²) >= 11 is 0. The first-order valence-electron chi connectivity index (χ1n) is 14.6. The fourth-order valence-electron chi connectivity index (χ4n) is 4.57. The lowest BCUT2D eigenvalue weighted by molar-refractivity contribution is -0.634. The molecule has 0 saturated heterocycles. The van der Waals surface area contributed by atoms with Gasteiger partial charge in [-0.2, -0.15) is 0 Å². The Morgan fingerprint density at radius 3 is 0.943 bits per heavy atom. The van der Waals surface area contributed by atoms with E-state index in [-0.39, 0.29) is 12.4 Å². The van der Waals surface area contributed by atoms with E-state index in [4.69, 9.17) is 23.7 Å². The number of unbranched alkanes of at least 4 members (excludes halogenated alkanes) is 13. The minimum absolute atomic E-state index is 0. The molecule has 0 aromatic carbocycles. The second-order valence-electron chi connectivity index (χ2n) is 9.21. The molecule has 0 aliphatic rings. The smallest absolute Gasteiger partial charge is 0.314 e. The molecular formula is C28H60ClNO5. The van der Waals surface area contributed by atoms with Crippen molar-refractivity contribution >= 4 is 0 Å². The topological polar surface area (TPSA) is 73.8 Å². The highest BCUT2D eigenvalue weighted by atomic mass is 35.5. The Kier molecular flexibility index (Phi) is 27.3. The zero-order valence-corrected chi connectivity index (χ0v) is 24.7. The van der Waals surface area contributed by atoms with Crippen molar-refractivity contribution in [3.8, 4) is 0 Å². The summed E-state index contributed by atoms with van der Waals surface area (Å²) in [5.41, 5.74) is 4.12. The molecule has 35 heavy (non-hydrogen) atoms. The highest BCUT2D eigenvalue weighted by molar-refractivity contribution is 4.59. The number of hydrogen-bond acceptors (Lipinski definition) is 5. The summed E-state index contributed by atoms with van der Waals surface area (Å²) in [6, 6.07) is 0. The van der Waals surface area contributed by atoms with E-state index in [1.807, 2.05) is 34.6 Å². The summed E-state index contributed by atoms with van der Waals surface area (Å²) in [5, 5.41) is 0. The van der Waals surface area contributed by atoms with Crippen molar-refractivity contribution in [1.82, 2.24) is 0 Å². The van der Waals surface area contributed by atoms with Gasteiger partial charge in [-0.05, 0) is 47.5 Å². The van der Waals surface area contributed by atoms with Gasteiger partial charge in [0.15, 0.2) is 0 Å². The van der Waals surface area contributed by atoms with E-state index >= 15 is 0 Å². The fourth-order valence-corrected chi connectivity index (χ4v) is 4.57. The Morgan fingerprint density at radius 2 is 0.657 bits per heavy atom. The lowest BCUT2D eigenvalue weighted by atomic mass is 10.0. The van der Waals surface area contributed by atoms with Crippen LogP contribution in [-0.2, 0) is 23.7 Å². The standard InChI is InChI=1S/C28H59NO5.ClH/c1-6-30-27(29,31-7-2)25-23-21-19-17-15-13-11-12-14-16-18-20-22-24-26-28(32-8-3,33-9-4)34-10-5;/h6-26,29H2,1-5H3;1H. The molecule has 0 fully saturated rings. The highest BCUT2D eigenvalue weighted by Crippen LogP contribution is 2.24. The summed E-state index contributed by atoms with van der Waals surface area (Å²) < 4.78 is 28.8. The molecule has 0 spiro atoms. The summed E-state index contributed by atoms with van der Waals surface area (Å²) in [5.74, 6) is -1.46. The van der Waals surface area contributed by atoms with Crippen LogP contribution in [0.2, 0.25) is 0 Å². The third-order valence-corrected chi connectivity index (χ3v) is 6.20. The molecule has 0 saturated carbocycles. The molecule has 0 unspecified atom stereocenters. The van der Waals surface area contributed by atoms with Gasteiger partial charge in [-0.25, -0.2) is 0 Å². The number of rotatable bonds is 27. The number of ether oxygens (including phenoxy) is 5. The molecule has 0 aromatic heterocycles. The van der Waals surface area contributed by atoms with Crippen LogP contribution >= 0.6 is 0 Å². The zero-order valence-electron chi connectivity index (χ0n) is 24.0. The van der Waals surface area contributed by atoms with Crippen molar-refractivity contribution in [2.24, 2.45) is 0 Å². The Labute approximate surface area is 224 Å². The van der Waals surface area contributed by atoms with E-state index in [9.17, 15) is 0 Å². The molecule has 0 rings (SSSR count). The number of halogens is 1. The summed E-state index contributed by atoms with van der Waals surface area (Å²) in [6.07, 6.45) is 19.9. The molecule has 0 aliphatic heterocycles. The molecule has 214 valence electrons. The highest BCUT2D eigenvalue weighted by Gasteiger charge is 2.31. The van der Waals surface area contributed by atoms with Crippen LogP contribution in [0.15, 0.2) is 0 Å². The van der Waals surface area contributed by atoms with Crippen LogP contribution in [0.25, 0.3) is 0 Å². The van der Waals surface area contributed by atoms with Gasteiger partial charge in [-0.3, -0.25) is 0 Å². The van der Waals surface area contributed by atoms with Crippen molar-refractivity contribution in [2.75, 3.05) is 33.0 Å². The molecule has 7 heteroatoms. The average molecular weight is 526 g/mol. The zero-order chi connectivity index (χ0) is 25.4. The van der Waals surface area contributed by atoms with E-state index in [1.165, 1.54) is 77.0 Å². The first kappa shape index (κ1) is 37.2. The lowest BCUT2D eigenvalue weighted by Crippen LogP contribution is -3.00. The Balaban J connectivity index is 0. The lowest BCUT2D eigenvalue weighted by Gasteiger charge is -2.32. The van der Waals surface area contributed by atoms with Gasteiger partial charge in [0.1, 0.15) is 0 Å². The van der Waals surface area contributed by atoms with Gasteiger partial charge < -0.3 is 41.8 Å². The van der Waals surface area contributed by atoms with Gasteiger partial charge in [-0.1, -0.05) is 77.0 Å². The number of quaternary nitrogens is 1. The third-order valence-electron chi connectivity index (χ3n) is 6.20. The van der Waals surface area contributed by atoms with Crippen molar-refractivity contribution in [3.63, 3.8) is 0 Å². The largest absolute Gasteiger partial charge is 1.00 e. The van der Waals surface area contributed by atoms with E-state index in [0.29, 0.717) is 33.0 Å². The normalized spacial score (nSPS) is 12.2. The quantitative estimate of drug-likeness (QED) is 0.130. The summed E-state index contributed by atoms with van der Waals surface area (Å²) in [6.45, 7) is 13.1. The van der Waals surface area contributed by atoms with Crippen LogP contribution in [0.5, 0.6) is 0 Å². The molecule has 3 N–H and O–H groups in total.